The van der Waals surface area contributed by atoms with E-state index in [2.05, 4.69) is 6.92 Å². The molecule has 204 valence electrons. The van der Waals surface area contributed by atoms with Crippen molar-refractivity contribution in [2.45, 2.75) is 115 Å². The molecule has 4 aliphatic rings. The second kappa shape index (κ2) is 9.45. The molecule has 4 fully saturated rings. The molecule has 0 amide bonds. The van der Waals surface area contributed by atoms with Gasteiger partial charge in [-0.1, -0.05) is 40.5 Å². The van der Waals surface area contributed by atoms with Gasteiger partial charge in [-0.15, -0.1) is 0 Å². The maximum Gasteiger partial charge on any atom is 0.110 e. The SMILES string of the molecule is CC(CO)CCCC(C)[C@H]1[C@@H](O)[C@@H](O)[C@@H]2[C@]1(C)CC[C@@H]1[C@@]3(C)CC[C@H](O)[C@H](O)[C@@H]3[C@@H](O)[C@@H](O)[C@]12O. The average molecular weight is 501 g/mol. The smallest absolute Gasteiger partial charge is 0.110 e. The van der Waals surface area contributed by atoms with E-state index in [4.69, 9.17) is 0 Å². The van der Waals surface area contributed by atoms with E-state index < -0.39 is 70.8 Å². The Balaban J connectivity index is 1.67. The molecule has 8 N–H and O–H groups in total. The lowest BCUT2D eigenvalue weighted by atomic mass is 9.40. The summed E-state index contributed by atoms with van der Waals surface area (Å²) in [5.74, 6) is -2.15. The third-order valence-corrected chi connectivity index (χ3v) is 11.3. The summed E-state index contributed by atoms with van der Waals surface area (Å²) in [5, 5.41) is 88.0. The molecule has 2 unspecified atom stereocenters. The molecule has 0 spiro atoms. The van der Waals surface area contributed by atoms with Gasteiger partial charge in [0.2, 0.25) is 0 Å². The molecule has 0 saturated heterocycles. The van der Waals surface area contributed by atoms with Crippen molar-refractivity contribution in [3.05, 3.63) is 0 Å². The molecule has 4 aliphatic carbocycles. The van der Waals surface area contributed by atoms with Gasteiger partial charge in [0.1, 0.15) is 11.7 Å². The van der Waals surface area contributed by atoms with E-state index in [0.29, 0.717) is 25.7 Å². The third-order valence-electron chi connectivity index (χ3n) is 11.3. The number of fused-ring (bicyclic) bond motifs is 5. The molecule has 4 saturated carbocycles. The number of hydrogen-bond donors (Lipinski definition) is 8. The molecule has 0 heterocycles. The number of aliphatic hydroxyl groups excluding tert-OH is 7. The number of hydrogen-bond acceptors (Lipinski definition) is 8. The van der Waals surface area contributed by atoms with Gasteiger partial charge in [0.15, 0.2) is 0 Å². The molecule has 0 aromatic carbocycles. The fourth-order valence-electron chi connectivity index (χ4n) is 9.61. The van der Waals surface area contributed by atoms with Crippen molar-refractivity contribution in [1.29, 1.82) is 0 Å². The summed E-state index contributed by atoms with van der Waals surface area (Å²) in [6, 6.07) is 0. The van der Waals surface area contributed by atoms with E-state index in [0.717, 1.165) is 19.3 Å². The Labute approximate surface area is 209 Å². The Bertz CT molecular complexity index is 765. The molecular formula is C27H48O8. The number of rotatable bonds is 6. The van der Waals surface area contributed by atoms with E-state index in [1.807, 2.05) is 20.8 Å². The topological polar surface area (TPSA) is 162 Å². The normalized spacial score (nSPS) is 55.5. The van der Waals surface area contributed by atoms with Crippen LogP contribution in [-0.2, 0) is 0 Å². The van der Waals surface area contributed by atoms with Crippen molar-refractivity contribution in [2.24, 2.45) is 46.3 Å². The van der Waals surface area contributed by atoms with Gasteiger partial charge in [0.05, 0.1) is 30.5 Å². The Hall–Kier alpha value is -0.320. The number of aliphatic hydroxyl groups is 8. The predicted molar refractivity (Wildman–Crippen MR) is 129 cm³/mol. The summed E-state index contributed by atoms with van der Waals surface area (Å²) < 4.78 is 0. The van der Waals surface area contributed by atoms with Gasteiger partial charge in [-0.05, 0) is 66.6 Å². The molecular weight excluding hydrogens is 452 g/mol. The molecule has 0 radical (unpaired) electrons. The Morgan fingerprint density at radius 1 is 0.800 bits per heavy atom. The molecule has 15 atom stereocenters. The van der Waals surface area contributed by atoms with Crippen LogP contribution >= 0.6 is 0 Å². The summed E-state index contributed by atoms with van der Waals surface area (Å²) in [6.45, 7) is 8.11. The van der Waals surface area contributed by atoms with Gasteiger partial charge in [-0.25, -0.2) is 0 Å². The summed E-state index contributed by atoms with van der Waals surface area (Å²) in [4.78, 5) is 0. The van der Waals surface area contributed by atoms with E-state index in [1.165, 1.54) is 0 Å². The van der Waals surface area contributed by atoms with Gasteiger partial charge < -0.3 is 40.9 Å². The van der Waals surface area contributed by atoms with Crippen molar-refractivity contribution < 1.29 is 40.9 Å². The van der Waals surface area contributed by atoms with Crippen LogP contribution in [0.5, 0.6) is 0 Å². The van der Waals surface area contributed by atoms with E-state index >= 15 is 0 Å². The first kappa shape index (κ1) is 27.7. The molecule has 0 bridgehead atoms. The fourth-order valence-corrected chi connectivity index (χ4v) is 9.61. The first-order valence-electron chi connectivity index (χ1n) is 13.7. The molecule has 4 rings (SSSR count). The van der Waals surface area contributed by atoms with Crippen LogP contribution < -0.4 is 0 Å². The third kappa shape index (κ3) is 3.85. The van der Waals surface area contributed by atoms with Crippen LogP contribution in [-0.4, -0.2) is 89.7 Å². The van der Waals surface area contributed by atoms with Crippen molar-refractivity contribution >= 4 is 0 Å². The summed E-state index contributed by atoms with van der Waals surface area (Å²) in [6.07, 6.45) is -3.02. The first-order valence-corrected chi connectivity index (χ1v) is 13.7. The Kier molecular flexibility index (Phi) is 7.48. The van der Waals surface area contributed by atoms with Gasteiger partial charge in [0, 0.05) is 18.4 Å². The Morgan fingerprint density at radius 2 is 1.43 bits per heavy atom. The standard InChI is InChI=1S/C27H48O8/c1-13(12-28)6-5-7-14(2)17-20(31)22(33)23-26(17,4)11-9-16-25(3)10-8-15(29)19(30)18(25)21(32)24(34)27(16,23)35/h13-24,28-35H,5-12H2,1-4H3/t13?,14?,15-,16+,17-,18+,19-,20+,21+,22+,23+,24+,25+,26+,27-/m0/s1. The molecule has 0 aromatic rings. The zero-order valence-corrected chi connectivity index (χ0v) is 21.7. The summed E-state index contributed by atoms with van der Waals surface area (Å²) in [5.41, 5.74) is -3.22. The van der Waals surface area contributed by atoms with Crippen LogP contribution in [0.25, 0.3) is 0 Å². The minimum Gasteiger partial charge on any atom is -0.396 e. The minimum absolute atomic E-state index is 0.0568. The lowest BCUT2D eigenvalue weighted by Gasteiger charge is -2.67. The first-order chi connectivity index (χ1) is 16.3. The lowest BCUT2D eigenvalue weighted by Crippen LogP contribution is -2.76. The molecule has 0 aromatic heterocycles. The van der Waals surface area contributed by atoms with E-state index in [-0.39, 0.29) is 24.4 Å². The maximum absolute atomic E-state index is 12.3. The van der Waals surface area contributed by atoms with Crippen LogP contribution in [0.4, 0.5) is 0 Å². The zero-order chi connectivity index (χ0) is 26.1. The average Bonchev–Trinajstić information content (AvgIpc) is 3.00. The zero-order valence-electron chi connectivity index (χ0n) is 21.7. The predicted octanol–water partition coefficient (Wildman–Crippen LogP) is 0.410. The van der Waals surface area contributed by atoms with Crippen LogP contribution in [0.1, 0.15) is 72.6 Å². The van der Waals surface area contributed by atoms with Gasteiger partial charge in [0.25, 0.3) is 0 Å². The van der Waals surface area contributed by atoms with E-state index in [1.54, 1.807) is 0 Å². The quantitative estimate of drug-likeness (QED) is 0.260. The van der Waals surface area contributed by atoms with Gasteiger partial charge in [-0.2, -0.15) is 0 Å². The van der Waals surface area contributed by atoms with Crippen molar-refractivity contribution in [1.82, 2.24) is 0 Å². The lowest BCUT2D eigenvalue weighted by molar-refractivity contribution is -0.322. The van der Waals surface area contributed by atoms with Crippen molar-refractivity contribution in [3.63, 3.8) is 0 Å². The summed E-state index contributed by atoms with van der Waals surface area (Å²) >= 11 is 0. The maximum atomic E-state index is 12.3. The highest BCUT2D eigenvalue weighted by atomic mass is 16.4. The largest absolute Gasteiger partial charge is 0.396 e. The van der Waals surface area contributed by atoms with Gasteiger partial charge in [-0.3, -0.25) is 0 Å². The highest BCUT2D eigenvalue weighted by Crippen LogP contribution is 2.69. The second-order valence-corrected chi connectivity index (χ2v) is 13.2. The monoisotopic (exact) mass is 500 g/mol. The Morgan fingerprint density at radius 3 is 2.06 bits per heavy atom. The molecule has 0 aliphatic heterocycles. The highest BCUT2D eigenvalue weighted by molar-refractivity contribution is 5.25. The van der Waals surface area contributed by atoms with E-state index in [9.17, 15) is 40.9 Å². The van der Waals surface area contributed by atoms with Crippen LogP contribution in [0.2, 0.25) is 0 Å². The van der Waals surface area contributed by atoms with Gasteiger partial charge >= 0.3 is 0 Å². The van der Waals surface area contributed by atoms with Crippen LogP contribution in [0, 0.1) is 46.3 Å². The fraction of sp³-hybridized carbons (Fsp3) is 1.00. The minimum atomic E-state index is -1.83. The molecule has 35 heavy (non-hydrogen) atoms. The van der Waals surface area contributed by atoms with Crippen LogP contribution in [0.3, 0.4) is 0 Å². The van der Waals surface area contributed by atoms with Crippen LogP contribution in [0.15, 0.2) is 0 Å². The second-order valence-electron chi connectivity index (χ2n) is 13.2. The highest BCUT2D eigenvalue weighted by Gasteiger charge is 2.76. The van der Waals surface area contributed by atoms with Crippen molar-refractivity contribution in [2.75, 3.05) is 6.61 Å². The molecule has 8 nitrogen and oxygen atoms in total. The van der Waals surface area contributed by atoms with Crippen molar-refractivity contribution in [3.8, 4) is 0 Å². The molecule has 8 heteroatoms. The summed E-state index contributed by atoms with van der Waals surface area (Å²) in [7, 11) is 0.